The third-order valence-corrected chi connectivity index (χ3v) is 8.61. The van der Waals surface area contributed by atoms with Crippen LogP contribution in [0.15, 0.2) is 48.5 Å². The van der Waals surface area contributed by atoms with Crippen LogP contribution < -0.4 is 30.7 Å². The lowest BCUT2D eigenvalue weighted by Crippen LogP contribution is -2.57. The van der Waals surface area contributed by atoms with Gasteiger partial charge in [-0.25, -0.2) is 4.79 Å². The number of aliphatic carboxylic acids is 1. The molecule has 6 N–H and O–H groups in total. The van der Waals surface area contributed by atoms with Crippen LogP contribution in [-0.4, -0.2) is 84.3 Å². The molecule has 2 rings (SSSR count). The maximum Gasteiger partial charge on any atom is 0.326 e. The monoisotopic (exact) mass is 698 g/mol. The second kappa shape index (κ2) is 20.1. The van der Waals surface area contributed by atoms with Crippen LogP contribution in [0.4, 0.5) is 0 Å². The minimum atomic E-state index is -1.38. The lowest BCUT2D eigenvalue weighted by molar-refractivity contribution is -0.143. The van der Waals surface area contributed by atoms with Crippen LogP contribution in [0, 0.1) is 17.8 Å². The zero-order chi connectivity index (χ0) is 37.5. The molecule has 13 nitrogen and oxygen atoms in total. The molecular formula is C37H54N4O9. The van der Waals surface area contributed by atoms with E-state index in [1.165, 1.54) is 14.2 Å². The van der Waals surface area contributed by atoms with Crippen LogP contribution in [0.25, 0.3) is 0 Å². The molecule has 2 unspecified atom stereocenters. The number of carboxylic acids is 1. The molecule has 50 heavy (non-hydrogen) atoms. The molecule has 0 aliphatic carbocycles. The third kappa shape index (κ3) is 12.7. The van der Waals surface area contributed by atoms with Crippen LogP contribution in [0.2, 0.25) is 0 Å². The highest BCUT2D eigenvalue weighted by atomic mass is 16.5. The number of hydrogen-bond acceptors (Lipinski definition) is 8. The Kier molecular flexibility index (Phi) is 16.7. The van der Waals surface area contributed by atoms with Crippen molar-refractivity contribution in [1.82, 2.24) is 21.3 Å². The SMILES string of the molecule is CC[C@H](C)[C@H](NC(=O)C[C@H](O)[C@H](Cc1ccccc1)NC(=O)C(NC(=O)Cc1ccc(OC)c(OC)c1)C(C)C)C(=O)NC(C(=O)O)C(C)C. The molecular weight excluding hydrogens is 644 g/mol. The molecule has 2 aromatic rings. The van der Waals surface area contributed by atoms with E-state index in [0.29, 0.717) is 23.5 Å². The number of aliphatic hydroxyl groups is 1. The maximum atomic E-state index is 13.7. The van der Waals surface area contributed by atoms with E-state index in [1.807, 2.05) is 37.3 Å². The molecule has 0 aromatic heterocycles. The number of nitrogens with one attached hydrogen (secondary N) is 4. The minimum Gasteiger partial charge on any atom is -0.493 e. The lowest BCUT2D eigenvalue weighted by Gasteiger charge is -2.30. The van der Waals surface area contributed by atoms with Crippen molar-refractivity contribution in [3.8, 4) is 11.5 Å². The van der Waals surface area contributed by atoms with E-state index < -0.39 is 66.3 Å². The standard InChI is InChI=1S/C37H54N4O9/c1-9-23(6)34(36(46)41-33(22(4)5)37(47)48)40-31(44)20-27(42)26(17-24-13-11-10-12-14-24)38-35(45)32(21(2)3)39-30(43)19-25-15-16-28(49-7)29(18-25)50-8/h10-16,18,21-23,26-27,32-34,42H,9,17,19-20H2,1-8H3,(H,38,45)(H,39,43)(H,40,44)(H,41,46)(H,47,48)/t23-,26-,27-,32?,33?,34-/m0/s1. The Labute approximate surface area is 294 Å². The summed E-state index contributed by atoms with van der Waals surface area (Å²) in [6.45, 7) is 10.5. The Bertz CT molecular complexity index is 1430. The van der Waals surface area contributed by atoms with Gasteiger partial charge in [0.05, 0.1) is 39.2 Å². The van der Waals surface area contributed by atoms with E-state index >= 15 is 0 Å². The molecule has 276 valence electrons. The summed E-state index contributed by atoms with van der Waals surface area (Å²) >= 11 is 0. The van der Waals surface area contributed by atoms with Crippen LogP contribution >= 0.6 is 0 Å². The van der Waals surface area contributed by atoms with Crippen LogP contribution in [0.3, 0.4) is 0 Å². The van der Waals surface area contributed by atoms with E-state index in [-0.39, 0.29) is 30.6 Å². The van der Waals surface area contributed by atoms with Gasteiger partial charge in [0.1, 0.15) is 18.1 Å². The van der Waals surface area contributed by atoms with E-state index in [0.717, 1.165) is 5.56 Å². The Morgan fingerprint density at radius 1 is 0.700 bits per heavy atom. The molecule has 6 atom stereocenters. The Hall–Kier alpha value is -4.65. The van der Waals surface area contributed by atoms with Crippen molar-refractivity contribution in [3.05, 3.63) is 59.7 Å². The van der Waals surface area contributed by atoms with Gasteiger partial charge in [0, 0.05) is 0 Å². The number of benzene rings is 2. The molecule has 0 saturated carbocycles. The van der Waals surface area contributed by atoms with Crippen molar-refractivity contribution >= 4 is 29.6 Å². The second-order valence-electron chi connectivity index (χ2n) is 13.2. The topological polar surface area (TPSA) is 192 Å². The van der Waals surface area contributed by atoms with Gasteiger partial charge in [0.25, 0.3) is 0 Å². The van der Waals surface area contributed by atoms with Gasteiger partial charge in [-0.2, -0.15) is 0 Å². The van der Waals surface area contributed by atoms with Crippen molar-refractivity contribution < 1.29 is 43.7 Å². The Morgan fingerprint density at radius 2 is 1.28 bits per heavy atom. The predicted molar refractivity (Wildman–Crippen MR) is 189 cm³/mol. The van der Waals surface area contributed by atoms with Crippen molar-refractivity contribution in [1.29, 1.82) is 0 Å². The number of rotatable bonds is 20. The summed E-state index contributed by atoms with van der Waals surface area (Å²) in [7, 11) is 3.01. The third-order valence-electron chi connectivity index (χ3n) is 8.61. The number of hydrogen-bond donors (Lipinski definition) is 6. The first-order valence-corrected chi connectivity index (χ1v) is 17.0. The lowest BCUT2D eigenvalue weighted by atomic mass is 9.95. The van der Waals surface area contributed by atoms with Gasteiger partial charge in [-0.15, -0.1) is 0 Å². The first kappa shape index (κ1) is 41.5. The molecule has 4 amide bonds. The van der Waals surface area contributed by atoms with Crippen LogP contribution in [0.1, 0.15) is 65.5 Å². The van der Waals surface area contributed by atoms with Crippen LogP contribution in [-0.2, 0) is 36.8 Å². The summed E-state index contributed by atoms with van der Waals surface area (Å²) in [6, 6.07) is 10.1. The summed E-state index contributed by atoms with van der Waals surface area (Å²) < 4.78 is 10.6. The molecule has 0 saturated heterocycles. The second-order valence-corrected chi connectivity index (χ2v) is 13.2. The van der Waals surface area contributed by atoms with Gasteiger partial charge < -0.3 is 41.0 Å². The number of carbonyl (C=O) groups excluding carboxylic acids is 4. The number of aliphatic hydroxyl groups excluding tert-OH is 1. The van der Waals surface area contributed by atoms with Gasteiger partial charge in [0.15, 0.2) is 11.5 Å². The van der Waals surface area contributed by atoms with Gasteiger partial charge in [-0.3, -0.25) is 19.2 Å². The van der Waals surface area contributed by atoms with E-state index in [2.05, 4.69) is 21.3 Å². The van der Waals surface area contributed by atoms with E-state index in [4.69, 9.17) is 9.47 Å². The van der Waals surface area contributed by atoms with Crippen molar-refractivity contribution in [2.45, 2.75) is 97.5 Å². The van der Waals surface area contributed by atoms with Crippen molar-refractivity contribution in [2.75, 3.05) is 14.2 Å². The largest absolute Gasteiger partial charge is 0.493 e. The minimum absolute atomic E-state index is 0.0254. The maximum absolute atomic E-state index is 13.7. The van der Waals surface area contributed by atoms with Crippen LogP contribution in [0.5, 0.6) is 11.5 Å². The number of carboxylic acid groups (broad SMARTS) is 1. The molecule has 0 radical (unpaired) electrons. The average molecular weight is 699 g/mol. The number of carbonyl (C=O) groups is 5. The Morgan fingerprint density at radius 3 is 1.82 bits per heavy atom. The summed E-state index contributed by atoms with van der Waals surface area (Å²) in [5, 5.41) is 31.7. The molecule has 0 fully saturated rings. The zero-order valence-corrected chi connectivity index (χ0v) is 30.3. The van der Waals surface area contributed by atoms with Gasteiger partial charge >= 0.3 is 5.97 Å². The normalized spacial score (nSPS) is 14.8. The highest BCUT2D eigenvalue weighted by Gasteiger charge is 2.34. The fourth-order valence-corrected chi connectivity index (χ4v) is 5.38. The van der Waals surface area contributed by atoms with E-state index in [1.54, 1.807) is 52.8 Å². The molecule has 0 heterocycles. The van der Waals surface area contributed by atoms with Gasteiger partial charge in [0.2, 0.25) is 23.6 Å². The summed E-state index contributed by atoms with van der Waals surface area (Å²) in [4.78, 5) is 64.9. The molecule has 0 bridgehead atoms. The quantitative estimate of drug-likeness (QED) is 0.121. The van der Waals surface area contributed by atoms with Crippen molar-refractivity contribution in [3.63, 3.8) is 0 Å². The smallest absolute Gasteiger partial charge is 0.326 e. The van der Waals surface area contributed by atoms with Gasteiger partial charge in [-0.1, -0.05) is 84.4 Å². The highest BCUT2D eigenvalue weighted by Crippen LogP contribution is 2.27. The first-order valence-electron chi connectivity index (χ1n) is 17.0. The van der Waals surface area contributed by atoms with Gasteiger partial charge in [-0.05, 0) is 47.4 Å². The fourth-order valence-electron chi connectivity index (χ4n) is 5.38. The predicted octanol–water partition coefficient (Wildman–Crippen LogP) is 2.62. The molecule has 0 spiro atoms. The number of methoxy groups -OCH3 is 2. The molecule has 0 aliphatic rings. The summed E-state index contributed by atoms with van der Waals surface area (Å²) in [6.07, 6.45) is -1.17. The highest BCUT2D eigenvalue weighted by molar-refractivity contribution is 5.91. The van der Waals surface area contributed by atoms with Crippen molar-refractivity contribution in [2.24, 2.45) is 17.8 Å². The summed E-state index contributed by atoms with van der Waals surface area (Å²) in [5.41, 5.74) is 1.44. The zero-order valence-electron chi connectivity index (χ0n) is 30.3. The average Bonchev–Trinajstić information content (AvgIpc) is 3.07. The molecule has 2 aromatic carbocycles. The first-order chi connectivity index (χ1) is 23.6. The molecule has 0 aliphatic heterocycles. The molecule has 13 heteroatoms. The summed E-state index contributed by atoms with van der Waals surface area (Å²) in [5.74, 6) is -3.48. The number of amides is 4. The van der Waals surface area contributed by atoms with E-state index in [9.17, 15) is 34.2 Å². The Balaban J connectivity index is 2.22. The fraction of sp³-hybridized carbons (Fsp3) is 0.541. The number of ether oxygens (including phenoxy) is 2.